The Labute approximate surface area is 117 Å². The molecule has 0 aromatic heterocycles. The minimum Gasteiger partial charge on any atom is -0.490 e. The first-order valence-corrected chi connectivity index (χ1v) is 6.89. The average Bonchev–Trinajstić information content (AvgIpc) is 3.17. The second kappa shape index (κ2) is 4.98. The first-order valence-electron chi connectivity index (χ1n) is 6.89. The maximum absolute atomic E-state index is 11.7. The van der Waals surface area contributed by atoms with Gasteiger partial charge < -0.3 is 18.9 Å². The normalized spacial score (nSPS) is 27.6. The van der Waals surface area contributed by atoms with Gasteiger partial charge in [0.15, 0.2) is 17.6 Å². The topological polar surface area (TPSA) is 57.3 Å². The van der Waals surface area contributed by atoms with Crippen molar-refractivity contribution in [3.05, 3.63) is 23.8 Å². The van der Waals surface area contributed by atoms with E-state index in [1.165, 1.54) is 0 Å². The van der Waals surface area contributed by atoms with Crippen LogP contribution >= 0.6 is 0 Å². The summed E-state index contributed by atoms with van der Waals surface area (Å²) in [4.78, 5) is 11.7. The molecule has 5 nitrogen and oxygen atoms in total. The number of ether oxygens (including phenoxy) is 4. The van der Waals surface area contributed by atoms with Crippen LogP contribution in [0.1, 0.15) is 25.8 Å². The fourth-order valence-corrected chi connectivity index (χ4v) is 2.39. The number of benzene rings is 1. The molecule has 0 aliphatic carbocycles. The van der Waals surface area contributed by atoms with Gasteiger partial charge in [0.2, 0.25) is 0 Å². The summed E-state index contributed by atoms with van der Waals surface area (Å²) in [5, 5.41) is 0. The van der Waals surface area contributed by atoms with E-state index in [0.29, 0.717) is 25.6 Å². The quantitative estimate of drug-likeness (QED) is 0.625. The fourth-order valence-electron chi connectivity index (χ4n) is 2.39. The van der Waals surface area contributed by atoms with Crippen molar-refractivity contribution in [2.45, 2.75) is 32.0 Å². The molecule has 5 heteroatoms. The predicted octanol–water partition coefficient (Wildman–Crippen LogP) is 2.02. The maximum Gasteiger partial charge on any atom is 0.338 e. The lowest BCUT2D eigenvalue weighted by Gasteiger charge is -2.12. The Morgan fingerprint density at radius 3 is 2.85 bits per heavy atom. The van der Waals surface area contributed by atoms with Gasteiger partial charge in [0.1, 0.15) is 5.60 Å². The van der Waals surface area contributed by atoms with E-state index >= 15 is 0 Å². The lowest BCUT2D eigenvalue weighted by molar-refractivity contribution is -0.144. The summed E-state index contributed by atoms with van der Waals surface area (Å²) in [6.45, 7) is 5.32. The Morgan fingerprint density at radius 1 is 1.35 bits per heavy atom. The van der Waals surface area contributed by atoms with Crippen LogP contribution in [0.3, 0.4) is 0 Å². The molecule has 0 radical (unpaired) electrons. The number of rotatable bonds is 3. The van der Waals surface area contributed by atoms with Gasteiger partial charge in [0, 0.05) is 6.42 Å². The largest absolute Gasteiger partial charge is 0.490 e. The van der Waals surface area contributed by atoms with Crippen LogP contribution in [0.25, 0.3) is 0 Å². The molecule has 2 atom stereocenters. The van der Waals surface area contributed by atoms with Crippen LogP contribution < -0.4 is 9.47 Å². The highest BCUT2D eigenvalue weighted by atomic mass is 16.7. The lowest BCUT2D eigenvalue weighted by atomic mass is 9.97. The van der Waals surface area contributed by atoms with E-state index < -0.39 is 11.7 Å². The zero-order valence-electron chi connectivity index (χ0n) is 11.7. The maximum atomic E-state index is 11.7. The summed E-state index contributed by atoms with van der Waals surface area (Å²) in [5.74, 6) is 1.13. The van der Waals surface area contributed by atoms with Gasteiger partial charge in [0.05, 0.1) is 19.8 Å². The van der Waals surface area contributed by atoms with Crippen LogP contribution in [0.5, 0.6) is 11.5 Å². The molecule has 0 spiro atoms. The molecule has 3 rings (SSSR count). The van der Waals surface area contributed by atoms with Gasteiger partial charge in [-0.1, -0.05) is 6.07 Å². The van der Waals surface area contributed by atoms with Gasteiger partial charge in [-0.2, -0.15) is 0 Å². The third kappa shape index (κ3) is 2.22. The minimum atomic E-state index is -0.628. The third-order valence-corrected chi connectivity index (χ3v) is 3.63. The van der Waals surface area contributed by atoms with Gasteiger partial charge in [-0.15, -0.1) is 0 Å². The van der Waals surface area contributed by atoms with E-state index in [1.807, 2.05) is 25.1 Å². The second-order valence-electron chi connectivity index (χ2n) is 5.07. The van der Waals surface area contributed by atoms with Crippen LogP contribution in [-0.2, 0) is 19.9 Å². The summed E-state index contributed by atoms with van der Waals surface area (Å²) in [6.07, 6.45) is 0.329. The number of carbonyl (C=O) groups is 1. The predicted molar refractivity (Wildman–Crippen MR) is 70.9 cm³/mol. The molecule has 2 heterocycles. The van der Waals surface area contributed by atoms with Crippen LogP contribution in [0.2, 0.25) is 0 Å². The van der Waals surface area contributed by atoms with E-state index in [0.717, 1.165) is 17.7 Å². The van der Waals surface area contributed by atoms with Crippen molar-refractivity contribution in [3.8, 4) is 11.5 Å². The molecule has 1 saturated heterocycles. The molecular weight excluding hydrogens is 260 g/mol. The SMILES string of the molecule is CCOC(=O)C1OC1(C)c1ccc2c(c1)OCCCO2. The first-order chi connectivity index (χ1) is 9.65. The summed E-state index contributed by atoms with van der Waals surface area (Å²) in [7, 11) is 0. The van der Waals surface area contributed by atoms with Crippen molar-refractivity contribution in [1.29, 1.82) is 0 Å². The van der Waals surface area contributed by atoms with Crippen molar-refractivity contribution >= 4 is 5.97 Å². The van der Waals surface area contributed by atoms with Crippen LogP contribution in [0.15, 0.2) is 18.2 Å². The van der Waals surface area contributed by atoms with E-state index in [-0.39, 0.29) is 5.97 Å². The van der Waals surface area contributed by atoms with E-state index in [1.54, 1.807) is 6.92 Å². The highest BCUT2D eigenvalue weighted by molar-refractivity contribution is 5.80. The first kappa shape index (κ1) is 13.2. The Kier molecular flexibility index (Phi) is 3.30. The van der Waals surface area contributed by atoms with Crippen LogP contribution in [-0.4, -0.2) is 31.9 Å². The summed E-state index contributed by atoms with van der Waals surface area (Å²) in [6, 6.07) is 5.66. The molecule has 1 fully saturated rings. The Hall–Kier alpha value is -1.75. The number of hydrogen-bond donors (Lipinski definition) is 0. The Bertz CT molecular complexity index is 527. The number of epoxide rings is 1. The summed E-state index contributed by atoms with van der Waals surface area (Å²) >= 11 is 0. The van der Waals surface area contributed by atoms with Crippen molar-refractivity contribution in [2.75, 3.05) is 19.8 Å². The minimum absolute atomic E-state index is 0.317. The summed E-state index contributed by atoms with van der Waals surface area (Å²) in [5.41, 5.74) is 0.275. The molecule has 0 amide bonds. The van der Waals surface area contributed by atoms with Crippen molar-refractivity contribution in [3.63, 3.8) is 0 Å². The standard InChI is InChI=1S/C15H18O5/c1-3-17-14(16)13-15(2,20-13)10-5-6-11-12(9-10)19-8-4-7-18-11/h5-6,9,13H,3-4,7-8H2,1-2H3. The van der Waals surface area contributed by atoms with Crippen LogP contribution in [0.4, 0.5) is 0 Å². The van der Waals surface area contributed by atoms with Gasteiger partial charge in [-0.3, -0.25) is 0 Å². The molecule has 1 aromatic carbocycles. The highest BCUT2D eigenvalue weighted by Crippen LogP contribution is 2.48. The van der Waals surface area contributed by atoms with Gasteiger partial charge >= 0.3 is 5.97 Å². The Morgan fingerprint density at radius 2 is 2.10 bits per heavy atom. The smallest absolute Gasteiger partial charge is 0.338 e. The molecule has 0 N–H and O–H groups in total. The summed E-state index contributed by atoms with van der Waals surface area (Å²) < 4.78 is 21.8. The zero-order valence-corrected chi connectivity index (χ0v) is 11.7. The molecule has 2 aliphatic heterocycles. The second-order valence-corrected chi connectivity index (χ2v) is 5.07. The molecule has 2 unspecified atom stereocenters. The van der Waals surface area contributed by atoms with Crippen molar-refractivity contribution in [2.24, 2.45) is 0 Å². The number of hydrogen-bond acceptors (Lipinski definition) is 5. The zero-order chi connectivity index (χ0) is 14.2. The lowest BCUT2D eigenvalue weighted by Crippen LogP contribution is -2.18. The van der Waals surface area contributed by atoms with E-state index in [4.69, 9.17) is 18.9 Å². The molecule has 108 valence electrons. The molecule has 0 saturated carbocycles. The number of carbonyl (C=O) groups excluding carboxylic acids is 1. The molecule has 2 aliphatic rings. The van der Waals surface area contributed by atoms with E-state index in [2.05, 4.69) is 0 Å². The Balaban J connectivity index is 1.82. The molecule has 20 heavy (non-hydrogen) atoms. The molecule has 1 aromatic rings. The van der Waals surface area contributed by atoms with Crippen molar-refractivity contribution in [1.82, 2.24) is 0 Å². The monoisotopic (exact) mass is 278 g/mol. The average molecular weight is 278 g/mol. The van der Waals surface area contributed by atoms with Crippen molar-refractivity contribution < 1.29 is 23.7 Å². The van der Waals surface area contributed by atoms with Gasteiger partial charge in [0.25, 0.3) is 0 Å². The molecular formula is C15H18O5. The highest BCUT2D eigenvalue weighted by Gasteiger charge is 2.59. The molecule has 0 bridgehead atoms. The fraction of sp³-hybridized carbons (Fsp3) is 0.533. The number of fused-ring (bicyclic) bond motifs is 1. The third-order valence-electron chi connectivity index (χ3n) is 3.63. The van der Waals surface area contributed by atoms with Crippen LogP contribution in [0, 0.1) is 0 Å². The number of esters is 1. The van der Waals surface area contributed by atoms with E-state index in [9.17, 15) is 4.79 Å². The van der Waals surface area contributed by atoms with Gasteiger partial charge in [-0.25, -0.2) is 4.79 Å². The van der Waals surface area contributed by atoms with Gasteiger partial charge in [-0.05, 0) is 31.5 Å².